The summed E-state index contributed by atoms with van der Waals surface area (Å²) in [5, 5.41) is 15.8. The molecule has 2 aliphatic heterocycles. The van der Waals surface area contributed by atoms with Crippen molar-refractivity contribution in [2.24, 2.45) is 7.05 Å². The van der Waals surface area contributed by atoms with Gasteiger partial charge in [-0.1, -0.05) is 48.5 Å². The monoisotopic (exact) mass is 1200 g/mol. The quantitative estimate of drug-likeness (QED) is 0.0153. The van der Waals surface area contributed by atoms with Crippen molar-refractivity contribution in [3.8, 4) is 17.0 Å². The molecule has 0 bridgehead atoms. The summed E-state index contributed by atoms with van der Waals surface area (Å²) in [7, 11) is 7.60. The normalized spacial score (nSPS) is 13.9. The van der Waals surface area contributed by atoms with Gasteiger partial charge >= 0.3 is 6.03 Å². The number of likely N-dealkylation sites (N-methyl/N-ethyl adjacent to an activating group) is 2. The van der Waals surface area contributed by atoms with E-state index in [1.54, 1.807) is 31.5 Å². The van der Waals surface area contributed by atoms with Gasteiger partial charge in [-0.2, -0.15) is 0 Å². The number of carbonyl (C=O) groups excluding carboxylic acids is 5. The molecule has 4 aromatic carbocycles. The summed E-state index contributed by atoms with van der Waals surface area (Å²) in [5.74, 6) is -0.472. The van der Waals surface area contributed by atoms with E-state index in [1.165, 1.54) is 11.0 Å². The van der Waals surface area contributed by atoms with Crippen molar-refractivity contribution >= 4 is 80.9 Å². The van der Waals surface area contributed by atoms with E-state index in [4.69, 9.17) is 49.7 Å². The predicted molar refractivity (Wildman–Crippen MR) is 328 cm³/mol. The van der Waals surface area contributed by atoms with Crippen molar-refractivity contribution < 1.29 is 57.1 Å². The average molecular weight is 1200 g/mol. The number of methoxy groups -OCH3 is 1. The molecule has 8 rings (SSSR count). The molecule has 0 aliphatic carbocycles. The van der Waals surface area contributed by atoms with Gasteiger partial charge in [-0.25, -0.2) is 14.8 Å². The van der Waals surface area contributed by atoms with Crippen LogP contribution in [0.25, 0.3) is 22.2 Å². The van der Waals surface area contributed by atoms with Crippen LogP contribution in [0.1, 0.15) is 39.9 Å². The van der Waals surface area contributed by atoms with Crippen LogP contribution >= 0.6 is 11.6 Å². The number of hydrogen-bond acceptors (Lipinski definition) is 17. The minimum Gasteiger partial charge on any atom is -0.494 e. The summed E-state index contributed by atoms with van der Waals surface area (Å²) in [6.45, 7) is 11.5. The zero-order valence-electron chi connectivity index (χ0n) is 49.1. The highest BCUT2D eigenvalue weighted by molar-refractivity contribution is 6.31. The van der Waals surface area contributed by atoms with Crippen molar-refractivity contribution in [1.29, 1.82) is 0 Å². The number of amides is 6. The minimum absolute atomic E-state index is 0.184. The van der Waals surface area contributed by atoms with Gasteiger partial charge in [0.2, 0.25) is 23.7 Å². The number of fused-ring (bicyclic) bond motifs is 2. The van der Waals surface area contributed by atoms with Gasteiger partial charge in [0.25, 0.3) is 5.91 Å². The summed E-state index contributed by atoms with van der Waals surface area (Å²) in [4.78, 5) is 77.5. The molecule has 24 heteroatoms. The third kappa shape index (κ3) is 18.5. The lowest BCUT2D eigenvalue weighted by molar-refractivity contribution is -0.137. The third-order valence-corrected chi connectivity index (χ3v) is 14.6. The second-order valence-electron chi connectivity index (χ2n) is 20.5. The first-order valence-electron chi connectivity index (χ1n) is 28.5. The molecule has 2 aliphatic rings. The fourth-order valence-corrected chi connectivity index (χ4v) is 10.1. The average Bonchev–Trinajstić information content (AvgIpc) is 3.63. The van der Waals surface area contributed by atoms with Gasteiger partial charge in [-0.3, -0.25) is 24.5 Å². The van der Waals surface area contributed by atoms with E-state index in [1.807, 2.05) is 69.7 Å². The molecule has 0 radical (unpaired) electrons. The number of piperidine rings is 1. The Kier molecular flexibility index (Phi) is 24.2. The number of rotatable bonds is 35. The molecule has 6 amide bonds. The molecule has 86 heavy (non-hydrogen) atoms. The lowest BCUT2D eigenvalue weighted by Gasteiger charge is -2.29. The maximum atomic E-state index is 13.0. The number of nitrogens with one attached hydrogen (secondary N) is 5. The van der Waals surface area contributed by atoms with E-state index in [0.717, 1.165) is 51.1 Å². The first-order chi connectivity index (χ1) is 41.8. The molecule has 1 atom stereocenters. The highest BCUT2D eigenvalue weighted by atomic mass is 35.5. The van der Waals surface area contributed by atoms with Gasteiger partial charge in [-0.05, 0) is 85.1 Å². The molecular weight excluding hydrogens is 1130 g/mol. The van der Waals surface area contributed by atoms with Crippen LogP contribution in [0.3, 0.4) is 0 Å². The maximum absolute atomic E-state index is 13.0. The number of aryl methyl sites for hydroxylation is 1. The Labute approximate surface area is 505 Å². The first kappa shape index (κ1) is 64.0. The lowest BCUT2D eigenvalue weighted by atomic mass is 10.0. The molecule has 4 heterocycles. The maximum Gasteiger partial charge on any atom is 0.319 e. The summed E-state index contributed by atoms with van der Waals surface area (Å²) < 4.78 is 42.0. The number of para-hydroxylation sites is 1. The van der Waals surface area contributed by atoms with Gasteiger partial charge in [0.05, 0.1) is 109 Å². The van der Waals surface area contributed by atoms with Crippen LogP contribution in [-0.2, 0) is 69.4 Å². The van der Waals surface area contributed by atoms with E-state index in [9.17, 15) is 24.0 Å². The zero-order chi connectivity index (χ0) is 60.8. The number of benzene rings is 4. The Balaban J connectivity index is 0.614. The number of imide groups is 1. The molecule has 6 aromatic rings. The van der Waals surface area contributed by atoms with Crippen LogP contribution in [-0.4, -0.2) is 180 Å². The lowest BCUT2D eigenvalue weighted by Crippen LogP contribution is -2.52. The second-order valence-corrected chi connectivity index (χ2v) is 21.0. The number of hydrogen-bond donors (Lipinski definition) is 5. The van der Waals surface area contributed by atoms with Crippen LogP contribution in [0.5, 0.6) is 5.75 Å². The van der Waals surface area contributed by atoms with Crippen LogP contribution in [0.4, 0.5) is 33.5 Å². The molecule has 23 nitrogen and oxygen atoms in total. The Morgan fingerprint density at radius 1 is 0.779 bits per heavy atom. The molecule has 1 fully saturated rings. The topological polar surface area (TPSA) is 251 Å². The fourth-order valence-electron chi connectivity index (χ4n) is 9.80. The molecule has 0 spiro atoms. The van der Waals surface area contributed by atoms with Crippen LogP contribution in [0, 0.1) is 0 Å². The zero-order valence-corrected chi connectivity index (χ0v) is 49.9. The van der Waals surface area contributed by atoms with Crippen molar-refractivity contribution in [2.45, 2.75) is 38.4 Å². The summed E-state index contributed by atoms with van der Waals surface area (Å²) in [5.41, 5.74) is 8.23. The van der Waals surface area contributed by atoms with Gasteiger partial charge in [0.1, 0.15) is 11.8 Å². The number of urea groups is 1. The first-order valence-corrected chi connectivity index (χ1v) is 28.9. The minimum atomic E-state index is -0.693. The number of anilines is 5. The summed E-state index contributed by atoms with van der Waals surface area (Å²) in [6.07, 6.45) is 6.04. The van der Waals surface area contributed by atoms with Gasteiger partial charge in [0.15, 0.2) is 0 Å². The van der Waals surface area contributed by atoms with E-state index < -0.39 is 18.0 Å². The standard InChI is InChI=1S/C62H76ClN11O12/c1-6-57(75)67-51-37-52(69-61-64-17-15-50(68-61)49-41-73(4)53-10-8-7-9-48(49)53)56(80-5)38-55(51)72(3)19-18-71(2)20-22-82-24-26-84-28-30-86-32-31-85-29-27-83-25-23-81-21-16-42-34-45(63)36-46(35-42)66-62(79)65-39-43-11-12-47-44(33-43)40-74(60(47)78)54-13-14-58(76)70-59(54)77/h6-12,15,17,33-38,41,54H,1,13-14,16,18-32,39-40H2,2-5H3,(H,67,75)(H,64,68,69)(H2,65,66,79)(H,70,76,77). The van der Waals surface area contributed by atoms with Crippen molar-refractivity contribution in [1.82, 2.24) is 35.0 Å². The Morgan fingerprint density at radius 2 is 1.48 bits per heavy atom. The fraction of sp³-hybridized carbons (Fsp3) is 0.403. The second kappa shape index (κ2) is 32.5. The summed E-state index contributed by atoms with van der Waals surface area (Å²) >= 11 is 6.37. The van der Waals surface area contributed by atoms with Gasteiger partial charge < -0.3 is 73.7 Å². The smallest absolute Gasteiger partial charge is 0.319 e. The number of ether oxygens (including phenoxy) is 7. The predicted octanol–water partition coefficient (Wildman–Crippen LogP) is 6.96. The highest BCUT2D eigenvalue weighted by Gasteiger charge is 2.39. The third-order valence-electron chi connectivity index (χ3n) is 14.3. The summed E-state index contributed by atoms with van der Waals surface area (Å²) in [6, 6.07) is 23.2. The molecule has 0 saturated carbocycles. The Morgan fingerprint density at radius 3 is 2.17 bits per heavy atom. The number of nitrogens with zero attached hydrogens (tertiary/aromatic N) is 6. The number of carbonyl (C=O) groups is 5. The molecular formula is C62H76ClN11O12. The van der Waals surface area contributed by atoms with E-state index in [0.29, 0.717) is 138 Å². The Hall–Kier alpha value is -8.00. The van der Waals surface area contributed by atoms with Crippen molar-refractivity contribution in [3.63, 3.8) is 0 Å². The molecule has 5 N–H and O–H groups in total. The van der Waals surface area contributed by atoms with Crippen LogP contribution in [0.15, 0.2) is 104 Å². The van der Waals surface area contributed by atoms with E-state index in [2.05, 4.69) is 70.8 Å². The Bertz CT molecular complexity index is 3310. The van der Waals surface area contributed by atoms with Crippen molar-refractivity contribution in [3.05, 3.63) is 131 Å². The molecule has 1 saturated heterocycles. The number of halogens is 1. The number of aromatic nitrogens is 3. The van der Waals surface area contributed by atoms with Crippen molar-refractivity contribution in [2.75, 3.05) is 141 Å². The van der Waals surface area contributed by atoms with E-state index in [-0.39, 0.29) is 43.7 Å². The molecule has 1 unspecified atom stereocenters. The van der Waals surface area contributed by atoms with Crippen LogP contribution in [0.2, 0.25) is 5.02 Å². The largest absolute Gasteiger partial charge is 0.494 e. The SMILES string of the molecule is C=CC(=O)Nc1cc(Nc2nccc(-c3cn(C)c4ccccc34)n2)c(OC)cc1N(C)CCN(C)CCOCCOCCOCCOCCOCCOCCc1cc(Cl)cc(NC(=O)NCc2ccc3c(c2)CN(C2CCC(=O)NC2=O)C3=O)c1. The van der Waals surface area contributed by atoms with Gasteiger partial charge in [0, 0.05) is 104 Å². The molecule has 458 valence electrons. The van der Waals surface area contributed by atoms with E-state index >= 15 is 0 Å². The molecule has 2 aromatic heterocycles. The van der Waals surface area contributed by atoms with Gasteiger partial charge in [-0.15, -0.1) is 0 Å². The highest BCUT2D eigenvalue weighted by Crippen LogP contribution is 2.39. The van der Waals surface area contributed by atoms with Crippen LogP contribution < -0.4 is 36.2 Å².